The Morgan fingerprint density at radius 2 is 2.10 bits per heavy atom. The van der Waals surface area contributed by atoms with Crippen molar-refractivity contribution in [3.8, 4) is 11.4 Å². The first kappa shape index (κ1) is 15.4. The minimum absolute atomic E-state index is 0.422. The van der Waals surface area contributed by atoms with Crippen LogP contribution < -0.4 is 5.32 Å². The number of hydrogen-bond acceptors (Lipinski definition) is 5. The molecule has 0 aliphatic rings. The van der Waals surface area contributed by atoms with Gasteiger partial charge in [-0.15, -0.1) is 0 Å². The van der Waals surface area contributed by atoms with Gasteiger partial charge in [0.1, 0.15) is 12.4 Å². The number of ether oxygens (including phenoxy) is 1. The van der Waals surface area contributed by atoms with E-state index in [0.29, 0.717) is 19.0 Å². The molecule has 0 atom stereocenters. The first-order chi connectivity index (χ1) is 10.3. The molecule has 6 heteroatoms. The van der Waals surface area contributed by atoms with Crippen molar-refractivity contribution in [2.24, 2.45) is 0 Å². The molecule has 2 aromatic rings. The summed E-state index contributed by atoms with van der Waals surface area (Å²) in [7, 11) is 0. The molecule has 0 aliphatic carbocycles. The third-order valence-electron chi connectivity index (χ3n) is 3.04. The van der Waals surface area contributed by atoms with Crippen LogP contribution in [0.2, 0.25) is 0 Å². The van der Waals surface area contributed by atoms with E-state index in [-0.39, 0.29) is 0 Å². The first-order valence-electron chi connectivity index (χ1n) is 7.50. The van der Waals surface area contributed by atoms with E-state index in [4.69, 9.17) is 4.74 Å². The van der Waals surface area contributed by atoms with Crippen molar-refractivity contribution < 1.29 is 4.74 Å². The van der Waals surface area contributed by atoms with Gasteiger partial charge in [0.25, 0.3) is 0 Å². The van der Waals surface area contributed by atoms with Gasteiger partial charge in [0.15, 0.2) is 5.82 Å². The average Bonchev–Trinajstić information content (AvgIpc) is 2.99. The van der Waals surface area contributed by atoms with Crippen LogP contribution >= 0.6 is 0 Å². The zero-order valence-corrected chi connectivity index (χ0v) is 13.0. The third kappa shape index (κ3) is 4.01. The number of nitrogens with zero attached hydrogens (tertiary/aromatic N) is 4. The van der Waals surface area contributed by atoms with Gasteiger partial charge >= 0.3 is 0 Å². The lowest BCUT2D eigenvalue weighted by Crippen LogP contribution is -2.08. The monoisotopic (exact) mass is 289 g/mol. The maximum atomic E-state index is 5.43. The Hall–Kier alpha value is -1.95. The van der Waals surface area contributed by atoms with Gasteiger partial charge in [-0.3, -0.25) is 4.68 Å². The van der Waals surface area contributed by atoms with Gasteiger partial charge in [0.05, 0.1) is 11.4 Å². The van der Waals surface area contributed by atoms with Gasteiger partial charge in [-0.05, 0) is 26.3 Å². The van der Waals surface area contributed by atoms with Gasteiger partial charge in [0, 0.05) is 32.0 Å². The van der Waals surface area contributed by atoms with Crippen LogP contribution in [0.3, 0.4) is 0 Å². The summed E-state index contributed by atoms with van der Waals surface area (Å²) in [6.45, 7) is 8.93. The second-order valence-electron chi connectivity index (χ2n) is 4.65. The first-order valence-corrected chi connectivity index (χ1v) is 7.50. The number of hydrogen-bond donors (Lipinski definition) is 1. The lowest BCUT2D eigenvalue weighted by molar-refractivity contribution is 0.128. The Bertz CT molecular complexity index is 541. The largest absolute Gasteiger partial charge is 0.374 e. The summed E-state index contributed by atoms with van der Waals surface area (Å²) >= 11 is 0. The highest BCUT2D eigenvalue weighted by molar-refractivity contribution is 5.58. The molecule has 1 N–H and O–H groups in total. The maximum Gasteiger partial charge on any atom is 0.157 e. The summed E-state index contributed by atoms with van der Waals surface area (Å²) in [5.74, 6) is 1.53. The van der Waals surface area contributed by atoms with E-state index in [1.54, 1.807) is 6.20 Å². The van der Waals surface area contributed by atoms with Crippen molar-refractivity contribution in [2.75, 3.05) is 18.5 Å². The molecule has 2 aromatic heterocycles. The molecule has 114 valence electrons. The summed E-state index contributed by atoms with van der Waals surface area (Å²) in [4.78, 5) is 9.09. The third-order valence-corrected chi connectivity index (χ3v) is 3.04. The molecule has 2 heterocycles. The van der Waals surface area contributed by atoms with Crippen molar-refractivity contribution in [1.29, 1.82) is 0 Å². The van der Waals surface area contributed by atoms with Crippen LogP contribution in [0.5, 0.6) is 0 Å². The minimum atomic E-state index is 0.422. The molecule has 0 bridgehead atoms. The molecular weight excluding hydrogens is 266 g/mol. The summed E-state index contributed by atoms with van der Waals surface area (Å²) in [6, 6.07) is 3.94. The van der Waals surface area contributed by atoms with E-state index in [2.05, 4.69) is 34.2 Å². The van der Waals surface area contributed by atoms with Crippen LogP contribution in [0.15, 0.2) is 18.3 Å². The molecule has 0 saturated carbocycles. The van der Waals surface area contributed by atoms with Gasteiger partial charge in [0.2, 0.25) is 0 Å². The average molecular weight is 289 g/mol. The standard InChI is InChI=1S/C15H23N5O/c1-4-8-16-14-10-12(13-7-9-17-20(13)5-2)18-15(19-14)11-21-6-3/h7,9-10H,4-6,8,11H2,1-3H3,(H,16,18,19). The van der Waals surface area contributed by atoms with E-state index in [9.17, 15) is 0 Å². The smallest absolute Gasteiger partial charge is 0.157 e. The molecule has 6 nitrogen and oxygen atoms in total. The molecule has 0 aromatic carbocycles. The molecule has 21 heavy (non-hydrogen) atoms. The fourth-order valence-corrected chi connectivity index (χ4v) is 2.03. The number of aryl methyl sites for hydroxylation is 1. The van der Waals surface area contributed by atoms with E-state index in [0.717, 1.165) is 36.7 Å². The second kappa shape index (κ2) is 7.73. The minimum Gasteiger partial charge on any atom is -0.374 e. The van der Waals surface area contributed by atoms with E-state index >= 15 is 0 Å². The predicted octanol–water partition coefficient (Wildman–Crippen LogP) is 2.72. The van der Waals surface area contributed by atoms with Crippen LogP contribution in [-0.2, 0) is 17.9 Å². The number of rotatable bonds is 8. The Kier molecular flexibility index (Phi) is 5.68. The maximum absolute atomic E-state index is 5.43. The number of anilines is 1. The summed E-state index contributed by atoms with van der Waals surface area (Å²) in [5, 5.41) is 7.61. The van der Waals surface area contributed by atoms with Crippen LogP contribution in [0.1, 0.15) is 33.0 Å². The molecule has 0 aliphatic heterocycles. The molecular formula is C15H23N5O. The molecule has 0 spiro atoms. The Balaban J connectivity index is 2.34. The fourth-order valence-electron chi connectivity index (χ4n) is 2.03. The molecule has 0 unspecified atom stereocenters. The predicted molar refractivity (Wildman–Crippen MR) is 83.0 cm³/mol. The molecule has 0 amide bonds. The van der Waals surface area contributed by atoms with Crippen molar-refractivity contribution in [3.05, 3.63) is 24.2 Å². The topological polar surface area (TPSA) is 64.9 Å². The van der Waals surface area contributed by atoms with Crippen molar-refractivity contribution >= 4 is 5.82 Å². The van der Waals surface area contributed by atoms with Crippen molar-refractivity contribution in [3.63, 3.8) is 0 Å². The highest BCUT2D eigenvalue weighted by Gasteiger charge is 2.10. The fraction of sp³-hybridized carbons (Fsp3) is 0.533. The van der Waals surface area contributed by atoms with Crippen LogP contribution in [-0.4, -0.2) is 32.9 Å². The van der Waals surface area contributed by atoms with Gasteiger partial charge in [-0.1, -0.05) is 6.92 Å². The molecule has 2 rings (SSSR count). The summed E-state index contributed by atoms with van der Waals surface area (Å²) in [5.41, 5.74) is 1.87. The summed E-state index contributed by atoms with van der Waals surface area (Å²) in [6.07, 6.45) is 2.84. The van der Waals surface area contributed by atoms with E-state index in [1.165, 1.54) is 0 Å². The van der Waals surface area contributed by atoms with Gasteiger partial charge in [-0.2, -0.15) is 5.10 Å². The highest BCUT2D eigenvalue weighted by atomic mass is 16.5. The lowest BCUT2D eigenvalue weighted by atomic mass is 10.2. The van der Waals surface area contributed by atoms with Crippen molar-refractivity contribution in [1.82, 2.24) is 19.7 Å². The Morgan fingerprint density at radius 3 is 2.81 bits per heavy atom. The van der Waals surface area contributed by atoms with E-state index in [1.807, 2.05) is 23.7 Å². The molecule has 0 fully saturated rings. The molecule has 0 saturated heterocycles. The Morgan fingerprint density at radius 1 is 1.24 bits per heavy atom. The second-order valence-corrected chi connectivity index (χ2v) is 4.65. The zero-order valence-electron chi connectivity index (χ0n) is 13.0. The SMILES string of the molecule is CCCNc1cc(-c2ccnn2CC)nc(COCC)n1. The Labute approximate surface area is 125 Å². The van der Waals surface area contributed by atoms with Crippen LogP contribution in [0.25, 0.3) is 11.4 Å². The van der Waals surface area contributed by atoms with Crippen LogP contribution in [0.4, 0.5) is 5.82 Å². The molecule has 0 radical (unpaired) electrons. The van der Waals surface area contributed by atoms with Gasteiger partial charge in [-0.25, -0.2) is 9.97 Å². The van der Waals surface area contributed by atoms with E-state index < -0.39 is 0 Å². The zero-order chi connectivity index (χ0) is 15.1. The van der Waals surface area contributed by atoms with Crippen molar-refractivity contribution in [2.45, 2.75) is 40.3 Å². The number of nitrogens with one attached hydrogen (secondary N) is 1. The van der Waals surface area contributed by atoms with Crippen LogP contribution in [0, 0.1) is 0 Å². The summed E-state index contributed by atoms with van der Waals surface area (Å²) < 4.78 is 7.36. The number of aromatic nitrogens is 4. The lowest BCUT2D eigenvalue weighted by Gasteiger charge is -2.10. The highest BCUT2D eigenvalue weighted by Crippen LogP contribution is 2.20. The quantitative estimate of drug-likeness (QED) is 0.809. The normalized spacial score (nSPS) is 10.8. The van der Waals surface area contributed by atoms with Gasteiger partial charge < -0.3 is 10.1 Å².